The van der Waals surface area contributed by atoms with Gasteiger partial charge in [0.2, 0.25) is 5.91 Å². The van der Waals surface area contributed by atoms with E-state index in [4.69, 9.17) is 9.47 Å². The second kappa shape index (κ2) is 8.61. The Balaban J connectivity index is 1.86. The number of nitrogens with one attached hydrogen (secondary N) is 2. The van der Waals surface area contributed by atoms with Crippen molar-refractivity contribution in [2.24, 2.45) is 0 Å². The smallest absolute Gasteiger partial charge is 0.226 e. The van der Waals surface area contributed by atoms with Crippen LogP contribution >= 0.6 is 0 Å². The Labute approximate surface area is 155 Å². The highest BCUT2D eigenvalue weighted by Crippen LogP contribution is 2.29. The summed E-state index contributed by atoms with van der Waals surface area (Å²) in [7, 11) is 3.15. The fraction of sp³-hybridized carbons (Fsp3) is 0.381. The van der Waals surface area contributed by atoms with Gasteiger partial charge in [-0.25, -0.2) is 0 Å². The van der Waals surface area contributed by atoms with E-state index in [1.807, 2.05) is 12.1 Å². The van der Waals surface area contributed by atoms with Gasteiger partial charge in [-0.15, -0.1) is 0 Å². The van der Waals surface area contributed by atoms with Crippen molar-refractivity contribution in [3.05, 3.63) is 48.0 Å². The molecule has 0 aliphatic heterocycles. The molecule has 0 aliphatic rings. The Morgan fingerprint density at radius 1 is 1.00 bits per heavy atom. The Bertz CT molecular complexity index is 734. The zero-order valence-electron chi connectivity index (χ0n) is 16.2. The predicted octanol–water partition coefficient (Wildman–Crippen LogP) is 4.44. The molecule has 0 bridgehead atoms. The summed E-state index contributed by atoms with van der Waals surface area (Å²) in [5, 5.41) is 6.14. The summed E-state index contributed by atoms with van der Waals surface area (Å²) in [5.41, 5.74) is 3.06. The number of carbonyl (C=O) groups is 1. The van der Waals surface area contributed by atoms with Gasteiger partial charge in [0.15, 0.2) is 0 Å². The number of hydrogen-bond donors (Lipinski definition) is 2. The van der Waals surface area contributed by atoms with Gasteiger partial charge < -0.3 is 20.1 Å². The van der Waals surface area contributed by atoms with Gasteiger partial charge >= 0.3 is 0 Å². The normalized spacial score (nSPS) is 11.0. The molecular formula is C21H28N2O3. The number of carbonyl (C=O) groups excluding carboxylic acids is 1. The first-order valence-electron chi connectivity index (χ1n) is 8.70. The minimum absolute atomic E-state index is 0.0766. The molecular weight excluding hydrogens is 328 g/mol. The van der Waals surface area contributed by atoms with Crippen molar-refractivity contribution in [3.8, 4) is 11.5 Å². The van der Waals surface area contributed by atoms with E-state index in [9.17, 15) is 4.79 Å². The average molecular weight is 356 g/mol. The molecule has 0 saturated heterocycles. The van der Waals surface area contributed by atoms with Gasteiger partial charge in [-0.1, -0.05) is 32.9 Å². The molecule has 26 heavy (non-hydrogen) atoms. The standard InChI is InChI=1S/C21H28N2O3/c1-21(2,3)15-6-8-16(9-7-15)22-13-12-20(24)23-18-11-10-17(25-4)14-19(18)26-5/h6-11,14,22H,12-13H2,1-5H3,(H,23,24). The van der Waals surface area contributed by atoms with Gasteiger partial charge in [-0.3, -0.25) is 4.79 Å². The SMILES string of the molecule is COc1ccc(NC(=O)CCNc2ccc(C(C)(C)C)cc2)c(OC)c1. The zero-order chi connectivity index (χ0) is 19.2. The number of benzene rings is 2. The summed E-state index contributed by atoms with van der Waals surface area (Å²) < 4.78 is 10.4. The third-order valence-corrected chi connectivity index (χ3v) is 4.11. The summed E-state index contributed by atoms with van der Waals surface area (Å²) in [6.45, 7) is 7.12. The maximum atomic E-state index is 12.2. The van der Waals surface area contributed by atoms with Crippen molar-refractivity contribution in [1.82, 2.24) is 0 Å². The lowest BCUT2D eigenvalue weighted by Crippen LogP contribution is -2.17. The fourth-order valence-electron chi connectivity index (χ4n) is 2.52. The highest BCUT2D eigenvalue weighted by Gasteiger charge is 2.13. The molecule has 0 radical (unpaired) electrons. The topological polar surface area (TPSA) is 59.6 Å². The fourth-order valence-corrected chi connectivity index (χ4v) is 2.52. The van der Waals surface area contributed by atoms with E-state index in [-0.39, 0.29) is 11.3 Å². The molecule has 0 atom stereocenters. The number of methoxy groups -OCH3 is 2. The number of anilines is 2. The highest BCUT2D eigenvalue weighted by molar-refractivity contribution is 5.92. The summed E-state index contributed by atoms with van der Waals surface area (Å²) in [5.74, 6) is 1.18. The van der Waals surface area contributed by atoms with Crippen LogP contribution in [0, 0.1) is 0 Å². The van der Waals surface area contributed by atoms with Crippen LogP contribution in [0.25, 0.3) is 0 Å². The molecule has 0 aromatic heterocycles. The third-order valence-electron chi connectivity index (χ3n) is 4.11. The quantitative estimate of drug-likeness (QED) is 0.770. The maximum absolute atomic E-state index is 12.2. The number of ether oxygens (including phenoxy) is 2. The average Bonchev–Trinajstić information content (AvgIpc) is 2.61. The minimum atomic E-state index is -0.0766. The van der Waals surface area contributed by atoms with Crippen LogP contribution in [0.15, 0.2) is 42.5 Å². The summed E-state index contributed by atoms with van der Waals surface area (Å²) in [6.07, 6.45) is 0.357. The van der Waals surface area contributed by atoms with E-state index in [0.717, 1.165) is 5.69 Å². The molecule has 5 heteroatoms. The van der Waals surface area contributed by atoms with E-state index >= 15 is 0 Å². The molecule has 1 amide bonds. The van der Waals surface area contributed by atoms with E-state index in [0.29, 0.717) is 30.2 Å². The molecule has 140 valence electrons. The molecule has 0 saturated carbocycles. The monoisotopic (exact) mass is 356 g/mol. The molecule has 0 spiro atoms. The van der Waals surface area contributed by atoms with Crippen LogP contribution < -0.4 is 20.1 Å². The first-order valence-corrected chi connectivity index (χ1v) is 8.70. The lowest BCUT2D eigenvalue weighted by Gasteiger charge is -2.19. The summed E-state index contributed by atoms with van der Waals surface area (Å²) in [4.78, 5) is 12.2. The number of hydrogen-bond acceptors (Lipinski definition) is 4. The Morgan fingerprint density at radius 3 is 2.27 bits per heavy atom. The number of amides is 1. The number of rotatable bonds is 7. The minimum Gasteiger partial charge on any atom is -0.497 e. The predicted molar refractivity (Wildman–Crippen MR) is 106 cm³/mol. The van der Waals surface area contributed by atoms with Crippen LogP contribution in [0.5, 0.6) is 11.5 Å². The molecule has 0 heterocycles. The van der Waals surface area contributed by atoms with Crippen molar-refractivity contribution in [3.63, 3.8) is 0 Å². The van der Waals surface area contributed by atoms with Gasteiger partial charge in [-0.2, -0.15) is 0 Å². The molecule has 0 fully saturated rings. The first kappa shape index (κ1) is 19.6. The zero-order valence-corrected chi connectivity index (χ0v) is 16.2. The maximum Gasteiger partial charge on any atom is 0.226 e. The van der Waals surface area contributed by atoms with Crippen molar-refractivity contribution in [2.45, 2.75) is 32.6 Å². The van der Waals surface area contributed by atoms with Gasteiger partial charge in [-0.05, 0) is 35.2 Å². The van der Waals surface area contributed by atoms with E-state index in [1.54, 1.807) is 32.4 Å². The van der Waals surface area contributed by atoms with Crippen LogP contribution in [-0.4, -0.2) is 26.7 Å². The van der Waals surface area contributed by atoms with Crippen LogP contribution in [0.3, 0.4) is 0 Å². The lowest BCUT2D eigenvalue weighted by atomic mass is 9.87. The Hall–Kier alpha value is -2.69. The second-order valence-electron chi connectivity index (χ2n) is 7.12. The second-order valence-corrected chi connectivity index (χ2v) is 7.12. The molecule has 2 aromatic carbocycles. The molecule has 5 nitrogen and oxygen atoms in total. The first-order chi connectivity index (χ1) is 12.3. The van der Waals surface area contributed by atoms with Crippen LogP contribution in [0.4, 0.5) is 11.4 Å². The molecule has 0 unspecified atom stereocenters. The molecule has 2 N–H and O–H groups in total. The van der Waals surface area contributed by atoms with E-state index in [2.05, 4.69) is 43.5 Å². The van der Waals surface area contributed by atoms with Gasteiger partial charge in [0.05, 0.1) is 19.9 Å². The van der Waals surface area contributed by atoms with Gasteiger partial charge in [0.1, 0.15) is 11.5 Å². The van der Waals surface area contributed by atoms with Crippen LogP contribution in [0.2, 0.25) is 0 Å². The summed E-state index contributed by atoms with van der Waals surface area (Å²) >= 11 is 0. The van der Waals surface area contributed by atoms with Crippen LogP contribution in [-0.2, 0) is 10.2 Å². The largest absolute Gasteiger partial charge is 0.497 e. The van der Waals surface area contributed by atoms with Gasteiger partial charge in [0.25, 0.3) is 0 Å². The molecule has 2 aromatic rings. The van der Waals surface area contributed by atoms with Gasteiger partial charge in [0, 0.05) is 24.7 Å². The molecule has 0 aliphatic carbocycles. The van der Waals surface area contributed by atoms with Crippen molar-refractivity contribution < 1.29 is 14.3 Å². The van der Waals surface area contributed by atoms with Crippen molar-refractivity contribution in [2.75, 3.05) is 31.4 Å². The van der Waals surface area contributed by atoms with Crippen molar-refractivity contribution >= 4 is 17.3 Å². The Kier molecular flexibility index (Phi) is 6.50. The van der Waals surface area contributed by atoms with E-state index in [1.165, 1.54) is 5.56 Å². The highest BCUT2D eigenvalue weighted by atomic mass is 16.5. The van der Waals surface area contributed by atoms with E-state index < -0.39 is 0 Å². The molecule has 2 rings (SSSR count). The third kappa shape index (κ3) is 5.41. The van der Waals surface area contributed by atoms with Crippen LogP contribution in [0.1, 0.15) is 32.8 Å². The Morgan fingerprint density at radius 2 is 1.69 bits per heavy atom. The lowest BCUT2D eigenvalue weighted by molar-refractivity contribution is -0.116. The van der Waals surface area contributed by atoms with Crippen molar-refractivity contribution in [1.29, 1.82) is 0 Å². The summed E-state index contributed by atoms with van der Waals surface area (Å²) in [6, 6.07) is 13.6.